The van der Waals surface area contributed by atoms with Crippen LogP contribution in [0.1, 0.15) is 0 Å². The van der Waals surface area contributed by atoms with Crippen molar-refractivity contribution < 1.29 is 0 Å². The molecule has 50 heavy (non-hydrogen) atoms. The van der Waals surface area contributed by atoms with E-state index in [1.807, 2.05) is 35.6 Å². The monoisotopic (exact) mass is 656 g/mol. The molecular formula is C45H28N4S. The van der Waals surface area contributed by atoms with Gasteiger partial charge in [-0.05, 0) is 41.5 Å². The van der Waals surface area contributed by atoms with E-state index < -0.39 is 0 Å². The van der Waals surface area contributed by atoms with Crippen LogP contribution in [0.5, 0.6) is 0 Å². The number of thiophene rings is 1. The van der Waals surface area contributed by atoms with Crippen LogP contribution in [-0.4, -0.2) is 19.5 Å². The highest BCUT2D eigenvalue weighted by Gasteiger charge is 2.20. The Labute approximate surface area is 292 Å². The van der Waals surface area contributed by atoms with E-state index in [0.717, 1.165) is 27.9 Å². The van der Waals surface area contributed by atoms with Gasteiger partial charge < -0.3 is 4.57 Å². The number of para-hydroxylation sites is 2. The maximum absolute atomic E-state index is 5.16. The van der Waals surface area contributed by atoms with Gasteiger partial charge in [0.15, 0.2) is 17.5 Å². The minimum Gasteiger partial charge on any atom is -0.309 e. The van der Waals surface area contributed by atoms with Crippen molar-refractivity contribution in [3.05, 3.63) is 170 Å². The molecule has 0 unspecified atom stereocenters. The molecule has 10 rings (SSSR count). The third kappa shape index (κ3) is 4.63. The molecule has 10 aromatic rings. The minimum absolute atomic E-state index is 0.653. The van der Waals surface area contributed by atoms with Crippen LogP contribution in [0.15, 0.2) is 170 Å². The van der Waals surface area contributed by atoms with E-state index in [4.69, 9.17) is 15.0 Å². The fourth-order valence-electron chi connectivity index (χ4n) is 7.12. The van der Waals surface area contributed by atoms with Crippen molar-refractivity contribution in [2.45, 2.75) is 0 Å². The highest BCUT2D eigenvalue weighted by molar-refractivity contribution is 7.27. The number of hydrogen-bond acceptors (Lipinski definition) is 4. The molecule has 0 saturated heterocycles. The van der Waals surface area contributed by atoms with Crippen LogP contribution < -0.4 is 0 Å². The van der Waals surface area contributed by atoms with Gasteiger partial charge in [-0.2, -0.15) is 0 Å². The largest absolute Gasteiger partial charge is 0.309 e. The van der Waals surface area contributed by atoms with Gasteiger partial charge in [0.25, 0.3) is 0 Å². The Kier molecular flexibility index (Phi) is 6.64. The zero-order valence-corrected chi connectivity index (χ0v) is 27.7. The summed E-state index contributed by atoms with van der Waals surface area (Å²) in [5.74, 6) is 1.98. The van der Waals surface area contributed by atoms with Gasteiger partial charge in [-0.25, -0.2) is 15.0 Å². The molecule has 0 N–H and O–H groups in total. The number of hydrogen-bond donors (Lipinski definition) is 0. The lowest BCUT2D eigenvalue weighted by Gasteiger charge is -2.10. The fourth-order valence-corrected chi connectivity index (χ4v) is 8.49. The molecule has 5 heteroatoms. The Morgan fingerprint density at radius 2 is 0.900 bits per heavy atom. The Balaban J connectivity index is 1.19. The van der Waals surface area contributed by atoms with Gasteiger partial charge in [0.05, 0.1) is 11.0 Å². The van der Waals surface area contributed by atoms with E-state index in [9.17, 15) is 0 Å². The summed E-state index contributed by atoms with van der Waals surface area (Å²) >= 11 is 1.83. The number of aromatic nitrogens is 4. The summed E-state index contributed by atoms with van der Waals surface area (Å²) < 4.78 is 4.81. The average molecular weight is 657 g/mol. The van der Waals surface area contributed by atoms with Crippen molar-refractivity contribution in [3.63, 3.8) is 0 Å². The lowest BCUT2D eigenvalue weighted by atomic mass is 10.0. The van der Waals surface area contributed by atoms with Crippen LogP contribution in [0.4, 0.5) is 0 Å². The van der Waals surface area contributed by atoms with Gasteiger partial charge in [0.2, 0.25) is 0 Å². The van der Waals surface area contributed by atoms with E-state index in [1.165, 1.54) is 47.5 Å². The molecule has 0 amide bonds. The first-order valence-corrected chi connectivity index (χ1v) is 17.5. The Hall–Kier alpha value is -6.43. The second kappa shape index (κ2) is 11.6. The van der Waals surface area contributed by atoms with Crippen LogP contribution in [0.25, 0.3) is 93.0 Å². The van der Waals surface area contributed by atoms with Gasteiger partial charge in [-0.1, -0.05) is 140 Å². The quantitative estimate of drug-likeness (QED) is 0.185. The zero-order valence-electron chi connectivity index (χ0n) is 26.9. The first-order valence-electron chi connectivity index (χ1n) is 16.7. The Morgan fingerprint density at radius 3 is 1.64 bits per heavy atom. The van der Waals surface area contributed by atoms with Gasteiger partial charge in [-0.15, -0.1) is 11.3 Å². The topological polar surface area (TPSA) is 43.6 Å². The van der Waals surface area contributed by atoms with Crippen LogP contribution in [-0.2, 0) is 0 Å². The van der Waals surface area contributed by atoms with Crippen LogP contribution in [0.3, 0.4) is 0 Å². The first kappa shape index (κ1) is 28.6. The molecule has 0 aliphatic carbocycles. The van der Waals surface area contributed by atoms with E-state index in [2.05, 4.69) is 150 Å². The minimum atomic E-state index is 0.653. The third-order valence-corrected chi connectivity index (χ3v) is 10.7. The predicted octanol–water partition coefficient (Wildman–Crippen LogP) is 12.0. The first-order chi connectivity index (χ1) is 24.8. The summed E-state index contributed by atoms with van der Waals surface area (Å²) in [5, 5.41) is 4.97. The molecule has 7 aromatic carbocycles. The van der Waals surface area contributed by atoms with E-state index in [0.29, 0.717) is 17.5 Å². The normalized spacial score (nSPS) is 11.6. The lowest BCUT2D eigenvalue weighted by Crippen LogP contribution is -2.00. The average Bonchev–Trinajstić information content (AvgIpc) is 3.75. The van der Waals surface area contributed by atoms with Crippen molar-refractivity contribution in [1.82, 2.24) is 19.5 Å². The summed E-state index contributed by atoms with van der Waals surface area (Å²) in [6.07, 6.45) is 0. The van der Waals surface area contributed by atoms with E-state index in [1.54, 1.807) is 0 Å². The molecule has 4 nitrogen and oxygen atoms in total. The SMILES string of the molecule is c1ccc(-c2ccc(-c3nc(-c4ccccc4)nc(-c4cccc5c4sc4c5ccc5c4c4ccccc4n5-c4ccccc4)n3)cc2)cc1. The van der Waals surface area contributed by atoms with Gasteiger partial charge in [0, 0.05) is 53.3 Å². The lowest BCUT2D eigenvalue weighted by molar-refractivity contribution is 1.08. The van der Waals surface area contributed by atoms with Crippen molar-refractivity contribution in [2.75, 3.05) is 0 Å². The second-order valence-corrected chi connectivity index (χ2v) is 13.4. The summed E-state index contributed by atoms with van der Waals surface area (Å²) in [4.78, 5) is 15.3. The Bertz CT molecular complexity index is 2840. The molecule has 3 aromatic heterocycles. The molecule has 0 bridgehead atoms. The molecule has 0 fully saturated rings. The van der Waals surface area contributed by atoms with Crippen molar-refractivity contribution in [1.29, 1.82) is 0 Å². The molecule has 0 atom stereocenters. The smallest absolute Gasteiger partial charge is 0.165 e. The summed E-state index contributed by atoms with van der Waals surface area (Å²) in [5.41, 5.74) is 8.80. The highest BCUT2D eigenvalue weighted by Crippen LogP contribution is 2.45. The summed E-state index contributed by atoms with van der Waals surface area (Å²) in [6, 6.07) is 59.5. The zero-order chi connectivity index (χ0) is 33.0. The molecule has 0 saturated carbocycles. The standard InChI is InChI=1S/C45H28N4S/c1-4-13-29(14-5-1)30-23-25-32(26-24-30)44-46-43(31-15-6-2-7-16-31)47-45(48-44)37-21-12-20-34-35-27-28-39-40(42(35)50-41(34)37)36-19-10-11-22-38(36)49(39)33-17-8-3-9-18-33/h1-28H. The van der Waals surface area contributed by atoms with E-state index >= 15 is 0 Å². The van der Waals surface area contributed by atoms with Gasteiger partial charge >= 0.3 is 0 Å². The maximum atomic E-state index is 5.16. The fraction of sp³-hybridized carbons (Fsp3) is 0. The molecular weight excluding hydrogens is 629 g/mol. The summed E-state index contributed by atoms with van der Waals surface area (Å²) in [6.45, 7) is 0. The maximum Gasteiger partial charge on any atom is 0.165 e. The van der Waals surface area contributed by atoms with Crippen molar-refractivity contribution in [3.8, 4) is 51.0 Å². The van der Waals surface area contributed by atoms with Crippen molar-refractivity contribution >= 4 is 53.3 Å². The molecule has 0 spiro atoms. The molecule has 0 aliphatic rings. The number of rotatable bonds is 5. The van der Waals surface area contributed by atoms with Crippen LogP contribution in [0.2, 0.25) is 0 Å². The van der Waals surface area contributed by atoms with E-state index in [-0.39, 0.29) is 0 Å². The second-order valence-electron chi connectivity index (χ2n) is 12.4. The van der Waals surface area contributed by atoms with Crippen LogP contribution >= 0.6 is 11.3 Å². The number of benzene rings is 7. The molecule has 0 radical (unpaired) electrons. The van der Waals surface area contributed by atoms with Gasteiger partial charge in [0.1, 0.15) is 0 Å². The molecule has 3 heterocycles. The predicted molar refractivity (Wildman–Crippen MR) is 209 cm³/mol. The van der Waals surface area contributed by atoms with Crippen LogP contribution in [0, 0.1) is 0 Å². The summed E-state index contributed by atoms with van der Waals surface area (Å²) in [7, 11) is 0. The highest BCUT2D eigenvalue weighted by atomic mass is 32.1. The number of fused-ring (bicyclic) bond motifs is 7. The molecule has 0 aliphatic heterocycles. The van der Waals surface area contributed by atoms with Gasteiger partial charge in [-0.3, -0.25) is 0 Å². The molecule has 234 valence electrons. The Morgan fingerprint density at radius 1 is 0.360 bits per heavy atom. The number of nitrogens with zero attached hydrogens (tertiary/aromatic N) is 4. The van der Waals surface area contributed by atoms with Crippen molar-refractivity contribution in [2.24, 2.45) is 0 Å². The third-order valence-electron chi connectivity index (χ3n) is 9.47.